The van der Waals surface area contributed by atoms with Crippen LogP contribution < -0.4 is 31.8 Å². The molecule has 0 aliphatic rings. The molecule has 0 radical (unpaired) electrons. The van der Waals surface area contributed by atoms with Crippen LogP contribution in [0.1, 0.15) is 0 Å². The Morgan fingerprint density at radius 2 is 0.489 bits per heavy atom. The van der Waals surface area contributed by atoms with E-state index in [0.29, 0.717) is 0 Å². The van der Waals surface area contributed by atoms with Gasteiger partial charge in [-0.3, -0.25) is 0 Å². The van der Waals surface area contributed by atoms with Gasteiger partial charge in [-0.15, -0.1) is 5.34 Å². The minimum absolute atomic E-state index is 0.446. The molecule has 0 atom stereocenters. The van der Waals surface area contributed by atoms with Gasteiger partial charge in [-0.1, -0.05) is 182 Å². The van der Waals surface area contributed by atoms with Crippen LogP contribution in [0, 0.1) is 10.1 Å². The van der Waals surface area contributed by atoms with Crippen LogP contribution in [0.2, 0.25) is 0 Å². The summed E-state index contributed by atoms with van der Waals surface area (Å²) in [7, 11) is 14.0. The zero-order valence-electron chi connectivity index (χ0n) is 24.0. The maximum Gasteiger partial charge on any atom is -0.0134 e. The monoisotopic (exact) mass is 777 g/mol. The Morgan fingerprint density at radius 1 is 0.378 bits per heavy atom. The van der Waals surface area contributed by atoms with Crippen LogP contribution in [0.25, 0.3) is 0 Å². The van der Waals surface area contributed by atoms with Crippen molar-refractivity contribution in [3.05, 3.63) is 192 Å². The SMILES string of the molecule is O=N[O-].[Cl][Ru]([Cl])[Cl].c1ccc(P(c2ccccc2)c2ccccc2)cc1.c1ccc(P(c2ccccc2)c2ccccc2)cc1. The van der Waals surface area contributed by atoms with E-state index in [1.54, 1.807) is 0 Å². The predicted octanol–water partition coefficient (Wildman–Crippen LogP) is 9.21. The molecular formula is C36H30Cl3NO2P2Ru-. The summed E-state index contributed by atoms with van der Waals surface area (Å²) in [4.78, 5) is 8.00. The summed E-state index contributed by atoms with van der Waals surface area (Å²) in [6.07, 6.45) is 0. The van der Waals surface area contributed by atoms with Gasteiger partial charge in [0.2, 0.25) is 0 Å². The molecule has 9 heteroatoms. The van der Waals surface area contributed by atoms with Gasteiger partial charge in [0.25, 0.3) is 0 Å². The second kappa shape index (κ2) is 21.7. The Balaban J connectivity index is 0.000000204. The summed E-state index contributed by atoms with van der Waals surface area (Å²) in [5, 5.41) is 17.4. The molecule has 45 heavy (non-hydrogen) atoms. The first-order valence-electron chi connectivity index (χ1n) is 13.6. The molecule has 0 saturated heterocycles. The van der Waals surface area contributed by atoms with Crippen molar-refractivity contribution >= 4 is 76.7 Å². The van der Waals surface area contributed by atoms with Gasteiger partial charge >= 0.3 is 42.1 Å². The average Bonchev–Trinajstić information content (AvgIpc) is 3.09. The van der Waals surface area contributed by atoms with Crippen molar-refractivity contribution in [2.45, 2.75) is 0 Å². The topological polar surface area (TPSA) is 52.5 Å². The number of rotatable bonds is 6. The van der Waals surface area contributed by atoms with Crippen molar-refractivity contribution in [2.75, 3.05) is 0 Å². The predicted molar refractivity (Wildman–Crippen MR) is 197 cm³/mol. The van der Waals surface area contributed by atoms with Crippen LogP contribution >= 0.6 is 44.9 Å². The Hall–Kier alpha value is -2.93. The number of hydrogen-bond acceptors (Lipinski definition) is 3. The average molecular weight is 778 g/mol. The molecule has 0 aliphatic heterocycles. The first kappa shape index (κ1) is 36.5. The van der Waals surface area contributed by atoms with Crippen molar-refractivity contribution in [1.82, 2.24) is 0 Å². The van der Waals surface area contributed by atoms with Crippen molar-refractivity contribution in [2.24, 2.45) is 5.34 Å². The van der Waals surface area contributed by atoms with E-state index < -0.39 is 28.8 Å². The summed E-state index contributed by atoms with van der Waals surface area (Å²) in [5.41, 5.74) is 0. The normalized spacial score (nSPS) is 10.2. The third-order valence-corrected chi connectivity index (χ3v) is 11.0. The molecule has 0 saturated carbocycles. The van der Waals surface area contributed by atoms with Crippen molar-refractivity contribution in [3.8, 4) is 0 Å². The van der Waals surface area contributed by atoms with Crippen LogP contribution in [0.15, 0.2) is 187 Å². The zero-order chi connectivity index (χ0) is 32.1. The molecule has 0 heterocycles. The maximum atomic E-state index is 8.00. The summed E-state index contributed by atoms with van der Waals surface area (Å²) < 4.78 is 0. The van der Waals surface area contributed by atoms with Crippen molar-refractivity contribution in [3.63, 3.8) is 0 Å². The Bertz CT molecular complexity index is 1300. The van der Waals surface area contributed by atoms with E-state index in [1.165, 1.54) is 31.8 Å². The van der Waals surface area contributed by atoms with Crippen molar-refractivity contribution in [1.29, 1.82) is 0 Å². The Kier molecular flexibility index (Phi) is 17.7. The molecule has 0 aliphatic carbocycles. The molecule has 231 valence electrons. The number of hydrogen-bond donors (Lipinski definition) is 0. The summed E-state index contributed by atoms with van der Waals surface area (Å²) in [6, 6.07) is 64.7. The number of nitrogens with zero attached hydrogens (tertiary/aromatic N) is 1. The molecule has 0 amide bonds. The Labute approximate surface area is 285 Å². The fourth-order valence-electron chi connectivity index (χ4n) is 4.36. The largest absolute Gasteiger partial charge is 0.0622 e. The van der Waals surface area contributed by atoms with Crippen LogP contribution in [-0.2, 0) is 13.0 Å². The van der Waals surface area contributed by atoms with Gasteiger partial charge in [0.1, 0.15) is 0 Å². The zero-order valence-corrected chi connectivity index (χ0v) is 29.8. The molecule has 6 rings (SSSR count). The van der Waals surface area contributed by atoms with Gasteiger partial charge in [-0.25, -0.2) is 0 Å². The fraction of sp³-hybridized carbons (Fsp3) is 0. The van der Waals surface area contributed by atoms with Gasteiger partial charge in [0.15, 0.2) is 0 Å². The standard InChI is InChI=1S/2C18H15P.3ClH.HNO2.Ru/c2*1-4-10-16(11-5-1)19(17-12-6-2-7-13-17)18-14-8-3-9-15-18;;;;2-1-3;/h2*1-15H;3*1H;(H,2,3);/q;;;;;;+3/p-4. The summed E-state index contributed by atoms with van der Waals surface area (Å²) >= 11 is -1.75. The molecule has 0 spiro atoms. The molecule has 6 aromatic carbocycles. The van der Waals surface area contributed by atoms with Gasteiger partial charge in [-0.05, 0) is 47.7 Å². The minimum atomic E-state index is -1.75. The molecule has 3 nitrogen and oxygen atoms in total. The smallest absolute Gasteiger partial charge is 0.0134 e. The third kappa shape index (κ3) is 13.1. The first-order valence-corrected chi connectivity index (χ1v) is 23.0. The first-order chi connectivity index (χ1) is 22.0. The second-order valence-corrected chi connectivity index (χ2v) is 21.3. The van der Waals surface area contributed by atoms with E-state index in [2.05, 4.69) is 182 Å². The molecule has 6 aromatic rings. The van der Waals surface area contributed by atoms with Crippen LogP contribution in [0.4, 0.5) is 0 Å². The van der Waals surface area contributed by atoms with Gasteiger partial charge in [0, 0.05) is 0 Å². The molecule has 0 aromatic heterocycles. The third-order valence-electron chi connectivity index (χ3n) is 6.09. The van der Waals surface area contributed by atoms with Crippen LogP contribution in [0.3, 0.4) is 0 Å². The molecule has 0 unspecified atom stereocenters. The summed E-state index contributed by atoms with van der Waals surface area (Å²) in [6.45, 7) is 0. The molecular weight excluding hydrogens is 748 g/mol. The second-order valence-electron chi connectivity index (χ2n) is 8.91. The van der Waals surface area contributed by atoms with Crippen LogP contribution in [0.5, 0.6) is 0 Å². The van der Waals surface area contributed by atoms with Crippen molar-refractivity contribution < 1.29 is 13.0 Å². The molecule has 0 bridgehead atoms. The van der Waals surface area contributed by atoms with E-state index in [4.69, 9.17) is 39.2 Å². The maximum absolute atomic E-state index is 8.00. The van der Waals surface area contributed by atoms with E-state index in [0.717, 1.165) is 5.34 Å². The van der Waals surface area contributed by atoms with E-state index >= 15 is 0 Å². The quantitative estimate of drug-likeness (QED) is 0.0734. The van der Waals surface area contributed by atoms with E-state index in [-0.39, 0.29) is 0 Å². The van der Waals surface area contributed by atoms with E-state index in [1.807, 2.05) is 0 Å². The Morgan fingerprint density at radius 3 is 0.600 bits per heavy atom. The summed E-state index contributed by atoms with van der Waals surface area (Å²) in [5.74, 6) is 0. The number of benzene rings is 6. The van der Waals surface area contributed by atoms with Crippen LogP contribution in [-0.4, -0.2) is 0 Å². The molecule has 0 N–H and O–H groups in total. The number of halogens is 3. The minimum Gasteiger partial charge on any atom is -0.0622 e. The van der Waals surface area contributed by atoms with E-state index in [9.17, 15) is 0 Å². The van der Waals surface area contributed by atoms with Gasteiger partial charge in [0.05, 0.1) is 0 Å². The fourth-order valence-corrected chi connectivity index (χ4v) is 8.97. The van der Waals surface area contributed by atoms with Gasteiger partial charge < -0.3 is 10.1 Å². The molecule has 0 fully saturated rings. The van der Waals surface area contributed by atoms with Gasteiger partial charge in [-0.2, -0.15) is 0 Å².